The van der Waals surface area contributed by atoms with E-state index < -0.39 is 0 Å². The summed E-state index contributed by atoms with van der Waals surface area (Å²) in [4.78, 5) is 19.0. The van der Waals surface area contributed by atoms with Gasteiger partial charge in [0.25, 0.3) is 5.91 Å². The van der Waals surface area contributed by atoms with Crippen molar-refractivity contribution in [2.24, 2.45) is 5.73 Å². The lowest BCUT2D eigenvalue weighted by Gasteiger charge is -2.33. The van der Waals surface area contributed by atoms with Gasteiger partial charge in [-0.3, -0.25) is 9.78 Å². The third-order valence-corrected chi connectivity index (χ3v) is 4.12. The first kappa shape index (κ1) is 14.9. The molecule has 2 rings (SSSR count). The molecule has 20 heavy (non-hydrogen) atoms. The number of pyridine rings is 1. The molecule has 4 nitrogen and oxygen atoms in total. The van der Waals surface area contributed by atoms with Gasteiger partial charge in [-0.15, -0.1) is 0 Å². The lowest BCUT2D eigenvalue weighted by molar-refractivity contribution is 0.0642. The van der Waals surface area contributed by atoms with E-state index >= 15 is 0 Å². The molecule has 0 aliphatic heterocycles. The summed E-state index contributed by atoms with van der Waals surface area (Å²) in [6, 6.07) is 3.83. The van der Waals surface area contributed by atoms with Crippen LogP contribution >= 0.6 is 12.2 Å². The third-order valence-electron chi connectivity index (χ3n) is 3.88. The number of hydrogen-bond donors (Lipinski definition) is 1. The van der Waals surface area contributed by atoms with Crippen molar-refractivity contribution < 1.29 is 4.79 Å². The molecule has 1 aliphatic rings. The van der Waals surface area contributed by atoms with E-state index in [0.717, 1.165) is 19.4 Å². The number of hydrogen-bond acceptors (Lipinski definition) is 3. The van der Waals surface area contributed by atoms with Crippen LogP contribution in [0.4, 0.5) is 0 Å². The van der Waals surface area contributed by atoms with Gasteiger partial charge in [0, 0.05) is 24.3 Å². The lowest BCUT2D eigenvalue weighted by Crippen LogP contribution is -2.41. The minimum atomic E-state index is 0.00823. The Morgan fingerprint density at radius 2 is 2.10 bits per heavy atom. The number of carbonyl (C=O) groups excluding carboxylic acids is 1. The van der Waals surface area contributed by atoms with Gasteiger partial charge >= 0.3 is 0 Å². The minimum Gasteiger partial charge on any atom is -0.389 e. The maximum Gasteiger partial charge on any atom is 0.272 e. The molecule has 0 spiro atoms. The molecule has 1 aliphatic carbocycles. The molecule has 0 aromatic carbocycles. The number of rotatable bonds is 4. The monoisotopic (exact) mass is 291 g/mol. The summed E-state index contributed by atoms with van der Waals surface area (Å²) in [5.74, 6) is 0.00823. The third kappa shape index (κ3) is 3.33. The van der Waals surface area contributed by atoms with Crippen molar-refractivity contribution in [2.75, 3.05) is 6.54 Å². The van der Waals surface area contributed by atoms with E-state index in [2.05, 4.69) is 4.98 Å². The Labute approximate surface area is 125 Å². The predicted molar refractivity (Wildman–Crippen MR) is 83.7 cm³/mol. The number of carbonyl (C=O) groups is 1. The fourth-order valence-electron chi connectivity index (χ4n) is 2.77. The fraction of sp³-hybridized carbons (Fsp3) is 0.533. The van der Waals surface area contributed by atoms with Gasteiger partial charge in [0.2, 0.25) is 0 Å². The molecule has 0 unspecified atom stereocenters. The summed E-state index contributed by atoms with van der Waals surface area (Å²) in [6.07, 6.45) is 7.48. The highest BCUT2D eigenvalue weighted by Gasteiger charge is 2.25. The van der Waals surface area contributed by atoms with Gasteiger partial charge in [-0.05, 0) is 31.9 Å². The zero-order valence-corrected chi connectivity index (χ0v) is 12.7. The van der Waals surface area contributed by atoms with Gasteiger partial charge in [0.15, 0.2) is 0 Å². The molecular weight excluding hydrogens is 270 g/mol. The lowest BCUT2D eigenvalue weighted by atomic mass is 9.94. The molecule has 1 amide bonds. The summed E-state index contributed by atoms with van der Waals surface area (Å²) < 4.78 is 0. The summed E-state index contributed by atoms with van der Waals surface area (Å²) in [5, 5.41) is 0. The van der Waals surface area contributed by atoms with E-state index in [4.69, 9.17) is 18.0 Å². The molecule has 1 aromatic heterocycles. The minimum absolute atomic E-state index is 0.00823. The molecule has 1 fully saturated rings. The molecule has 0 bridgehead atoms. The molecule has 1 aromatic rings. The van der Waals surface area contributed by atoms with Gasteiger partial charge in [0.05, 0.1) is 0 Å². The largest absolute Gasteiger partial charge is 0.389 e. The number of aromatic nitrogens is 1. The highest BCUT2D eigenvalue weighted by molar-refractivity contribution is 7.80. The number of nitrogens with two attached hydrogens (primary N) is 1. The van der Waals surface area contributed by atoms with Crippen LogP contribution in [0.25, 0.3) is 0 Å². The van der Waals surface area contributed by atoms with E-state index in [9.17, 15) is 4.79 Å². The molecule has 108 valence electrons. The Bertz CT molecular complexity index is 480. The molecule has 0 atom stereocenters. The predicted octanol–water partition coefficient (Wildman–Crippen LogP) is 2.51. The normalized spacial score (nSPS) is 15.8. The van der Waals surface area contributed by atoms with Crippen LogP contribution in [0.3, 0.4) is 0 Å². The van der Waals surface area contributed by atoms with Crippen molar-refractivity contribution in [1.29, 1.82) is 0 Å². The summed E-state index contributed by atoms with van der Waals surface area (Å²) in [6.45, 7) is 2.75. The van der Waals surface area contributed by atoms with Crippen LogP contribution in [0, 0.1) is 0 Å². The first-order chi connectivity index (χ1) is 9.63. The molecule has 2 N–H and O–H groups in total. The summed E-state index contributed by atoms with van der Waals surface area (Å²) >= 11 is 4.89. The standard InChI is InChI=1S/C15H21N3OS/c1-2-18(12-6-4-3-5-7-12)15(19)13-9-8-11(10-17-13)14(16)20/h8-10,12H,2-7H2,1H3,(H2,16,20). The molecule has 5 heteroatoms. The summed E-state index contributed by atoms with van der Waals surface area (Å²) in [7, 11) is 0. The fourth-order valence-corrected chi connectivity index (χ4v) is 2.89. The van der Waals surface area contributed by atoms with Crippen LogP contribution in [0.2, 0.25) is 0 Å². The Hall–Kier alpha value is -1.49. The molecule has 0 saturated heterocycles. The van der Waals surface area contributed by atoms with Crippen molar-refractivity contribution in [3.05, 3.63) is 29.6 Å². The summed E-state index contributed by atoms with van der Waals surface area (Å²) in [5.41, 5.74) is 6.70. The zero-order valence-electron chi connectivity index (χ0n) is 11.8. The van der Waals surface area contributed by atoms with Gasteiger partial charge in [-0.2, -0.15) is 0 Å². The van der Waals surface area contributed by atoms with Crippen molar-refractivity contribution in [2.45, 2.75) is 45.1 Å². The topological polar surface area (TPSA) is 59.2 Å². The SMILES string of the molecule is CCN(C(=O)c1ccc(C(N)=S)cn1)C1CCCCC1. The first-order valence-corrected chi connectivity index (χ1v) is 7.61. The Kier molecular flexibility index (Phi) is 5.06. The first-order valence-electron chi connectivity index (χ1n) is 7.20. The number of amides is 1. The zero-order chi connectivity index (χ0) is 14.5. The van der Waals surface area contributed by atoms with E-state index in [1.165, 1.54) is 19.3 Å². The average Bonchev–Trinajstić information content (AvgIpc) is 2.49. The molecule has 1 saturated carbocycles. The van der Waals surface area contributed by atoms with Crippen LogP contribution in [0.5, 0.6) is 0 Å². The van der Waals surface area contributed by atoms with E-state index in [1.54, 1.807) is 18.3 Å². The highest BCUT2D eigenvalue weighted by Crippen LogP contribution is 2.23. The van der Waals surface area contributed by atoms with Gasteiger partial charge in [-0.1, -0.05) is 31.5 Å². The van der Waals surface area contributed by atoms with Crippen molar-refractivity contribution in [3.63, 3.8) is 0 Å². The smallest absolute Gasteiger partial charge is 0.272 e. The van der Waals surface area contributed by atoms with Gasteiger partial charge in [0.1, 0.15) is 10.7 Å². The highest BCUT2D eigenvalue weighted by atomic mass is 32.1. The molecule has 0 radical (unpaired) electrons. The second kappa shape index (κ2) is 6.79. The van der Waals surface area contributed by atoms with Crippen LogP contribution in [0.1, 0.15) is 55.1 Å². The van der Waals surface area contributed by atoms with Crippen molar-refractivity contribution in [3.8, 4) is 0 Å². The number of thiocarbonyl (C=S) groups is 1. The quantitative estimate of drug-likeness (QED) is 0.866. The second-order valence-electron chi connectivity index (χ2n) is 5.18. The van der Waals surface area contributed by atoms with Crippen molar-refractivity contribution >= 4 is 23.1 Å². The van der Waals surface area contributed by atoms with Gasteiger partial charge < -0.3 is 10.6 Å². The number of nitrogens with zero attached hydrogens (tertiary/aromatic N) is 2. The Morgan fingerprint density at radius 3 is 2.60 bits per heavy atom. The Morgan fingerprint density at radius 1 is 1.40 bits per heavy atom. The average molecular weight is 291 g/mol. The second-order valence-corrected chi connectivity index (χ2v) is 5.62. The van der Waals surface area contributed by atoms with E-state index in [1.807, 2.05) is 11.8 Å². The Balaban J connectivity index is 2.13. The van der Waals surface area contributed by atoms with Gasteiger partial charge in [-0.25, -0.2) is 0 Å². The van der Waals surface area contributed by atoms with E-state index in [0.29, 0.717) is 22.3 Å². The molecule has 1 heterocycles. The maximum atomic E-state index is 12.6. The maximum absolute atomic E-state index is 12.6. The van der Waals surface area contributed by atoms with Crippen LogP contribution in [-0.2, 0) is 0 Å². The van der Waals surface area contributed by atoms with Crippen LogP contribution in [-0.4, -0.2) is 33.4 Å². The van der Waals surface area contributed by atoms with E-state index in [-0.39, 0.29) is 5.91 Å². The van der Waals surface area contributed by atoms with Crippen LogP contribution in [0.15, 0.2) is 18.3 Å². The van der Waals surface area contributed by atoms with Crippen molar-refractivity contribution in [1.82, 2.24) is 9.88 Å². The molecular formula is C15H21N3OS. The van der Waals surface area contributed by atoms with Crippen LogP contribution < -0.4 is 5.73 Å².